The van der Waals surface area contributed by atoms with E-state index in [1.54, 1.807) is 24.3 Å². The maximum atomic E-state index is 11.6. The third kappa shape index (κ3) is 2.81. The number of carbonyl (C=O) groups is 1. The molecule has 4 rings (SSSR count). The molecule has 3 heterocycles. The number of ether oxygens (including phenoxy) is 5. The topological polar surface area (TPSA) is 93.4 Å². The van der Waals surface area contributed by atoms with Crippen molar-refractivity contribution in [2.45, 2.75) is 44.1 Å². The van der Waals surface area contributed by atoms with Gasteiger partial charge in [-0.25, -0.2) is 9.59 Å². The number of hydrogen-bond acceptors (Lipinski definition) is 8. The van der Waals surface area contributed by atoms with Crippen LogP contribution < -0.4 is 10.4 Å². The molecule has 0 saturated carbocycles. The van der Waals surface area contributed by atoms with Gasteiger partial charge in [0.05, 0.1) is 5.60 Å². The van der Waals surface area contributed by atoms with Crippen molar-refractivity contribution in [3.8, 4) is 5.75 Å². The highest BCUT2D eigenvalue weighted by Gasteiger charge is 2.58. The lowest BCUT2D eigenvalue weighted by Gasteiger charge is -2.45. The third-order valence-electron chi connectivity index (χ3n) is 4.56. The van der Waals surface area contributed by atoms with Gasteiger partial charge >= 0.3 is 11.8 Å². The molecular weight excluding hydrogens is 344 g/mol. The van der Waals surface area contributed by atoms with Crippen LogP contribution in [0, 0.1) is 0 Å². The summed E-state index contributed by atoms with van der Waals surface area (Å²) in [5.74, 6) is 0.477. The molecule has 1 aromatic heterocycles. The molecule has 0 aliphatic carbocycles. The lowest BCUT2D eigenvalue weighted by Crippen LogP contribution is -2.62. The van der Waals surface area contributed by atoms with E-state index in [0.29, 0.717) is 16.7 Å². The second-order valence-electron chi connectivity index (χ2n) is 6.73. The number of methoxy groups -OCH3 is 1. The zero-order valence-electron chi connectivity index (χ0n) is 14.5. The molecule has 0 bridgehead atoms. The van der Waals surface area contributed by atoms with E-state index in [0.717, 1.165) is 0 Å². The van der Waals surface area contributed by atoms with Gasteiger partial charge < -0.3 is 28.1 Å². The van der Waals surface area contributed by atoms with Crippen LogP contribution in [0.15, 0.2) is 39.5 Å². The molecule has 4 atom stereocenters. The van der Waals surface area contributed by atoms with Gasteiger partial charge in [-0.15, -0.1) is 0 Å². The van der Waals surface area contributed by atoms with E-state index in [-0.39, 0.29) is 0 Å². The second kappa shape index (κ2) is 6.00. The summed E-state index contributed by atoms with van der Waals surface area (Å²) >= 11 is 0. The first-order chi connectivity index (χ1) is 12.4. The molecule has 138 valence electrons. The molecule has 0 amide bonds. The van der Waals surface area contributed by atoms with Gasteiger partial charge in [-0.2, -0.15) is 0 Å². The first-order valence-electron chi connectivity index (χ1n) is 8.16. The molecule has 2 saturated heterocycles. The average molecular weight is 362 g/mol. The van der Waals surface area contributed by atoms with Crippen LogP contribution in [-0.2, 0) is 18.9 Å². The summed E-state index contributed by atoms with van der Waals surface area (Å²) in [7, 11) is 1.53. The minimum atomic E-state index is -0.874. The zero-order chi connectivity index (χ0) is 18.5. The van der Waals surface area contributed by atoms with Gasteiger partial charge in [-0.05, 0) is 38.1 Å². The summed E-state index contributed by atoms with van der Waals surface area (Å²) < 4.78 is 33.0. The number of carbonyl (C=O) groups excluding carboxylic acids is 1. The molecule has 0 spiro atoms. The van der Waals surface area contributed by atoms with Crippen molar-refractivity contribution in [1.29, 1.82) is 0 Å². The van der Waals surface area contributed by atoms with Gasteiger partial charge in [0.2, 0.25) is 12.4 Å². The zero-order valence-corrected chi connectivity index (χ0v) is 14.5. The van der Waals surface area contributed by atoms with Crippen molar-refractivity contribution >= 4 is 17.1 Å². The van der Waals surface area contributed by atoms with Crippen LogP contribution in [0.25, 0.3) is 11.0 Å². The standard InChI is InChI=1S/C18H18O8/c1-18(2)15(21-3)13-14(25-17(20)24-13)16(26-18)22-10-5-6-11-9(8-10)4-7-12(19)23-11/h4-8,13-16H,1-3H3. The molecule has 8 nitrogen and oxygen atoms in total. The van der Waals surface area contributed by atoms with Crippen molar-refractivity contribution in [2.75, 3.05) is 7.11 Å². The van der Waals surface area contributed by atoms with Gasteiger partial charge in [0, 0.05) is 18.6 Å². The Morgan fingerprint density at radius 3 is 2.58 bits per heavy atom. The Morgan fingerprint density at radius 2 is 1.81 bits per heavy atom. The van der Waals surface area contributed by atoms with E-state index >= 15 is 0 Å². The number of hydrogen-bond donors (Lipinski definition) is 0. The van der Waals surface area contributed by atoms with Crippen molar-refractivity contribution < 1.29 is 32.9 Å². The fourth-order valence-electron chi connectivity index (χ4n) is 3.42. The van der Waals surface area contributed by atoms with E-state index in [2.05, 4.69) is 0 Å². The Balaban J connectivity index is 1.63. The fourth-order valence-corrected chi connectivity index (χ4v) is 3.42. The maximum Gasteiger partial charge on any atom is 0.509 e. The summed E-state index contributed by atoms with van der Waals surface area (Å²) in [6.07, 6.45) is -3.55. The molecule has 0 N–H and O–H groups in total. The Bertz CT molecular complexity index is 901. The van der Waals surface area contributed by atoms with Crippen molar-refractivity contribution in [1.82, 2.24) is 0 Å². The quantitative estimate of drug-likeness (QED) is 0.606. The van der Waals surface area contributed by atoms with Crippen molar-refractivity contribution in [3.05, 3.63) is 40.8 Å². The van der Waals surface area contributed by atoms with E-state index < -0.39 is 42.0 Å². The largest absolute Gasteiger partial charge is 0.509 e. The molecule has 2 aliphatic heterocycles. The predicted octanol–water partition coefficient (Wildman–Crippen LogP) is 2.23. The van der Waals surface area contributed by atoms with Gasteiger partial charge in [0.25, 0.3) is 0 Å². The summed E-state index contributed by atoms with van der Waals surface area (Å²) in [4.78, 5) is 22.9. The lowest BCUT2D eigenvalue weighted by molar-refractivity contribution is -0.282. The summed E-state index contributed by atoms with van der Waals surface area (Å²) in [6, 6.07) is 7.97. The SMILES string of the molecule is COC1C2OC(=O)OC2C(Oc2ccc3oc(=O)ccc3c2)OC1(C)C. The monoisotopic (exact) mass is 362 g/mol. The Morgan fingerprint density at radius 1 is 1.04 bits per heavy atom. The first kappa shape index (κ1) is 16.9. The molecule has 2 aromatic rings. The average Bonchev–Trinajstić information content (AvgIpc) is 2.96. The van der Waals surface area contributed by atoms with E-state index in [9.17, 15) is 9.59 Å². The minimum absolute atomic E-state index is 0.424. The Labute approximate surface area is 148 Å². The van der Waals surface area contributed by atoms with Gasteiger partial charge in [0.15, 0.2) is 6.10 Å². The lowest BCUT2D eigenvalue weighted by atomic mass is 9.89. The molecule has 1 aromatic carbocycles. The van der Waals surface area contributed by atoms with Crippen LogP contribution in [0.3, 0.4) is 0 Å². The molecular formula is C18H18O8. The highest BCUT2D eigenvalue weighted by molar-refractivity contribution is 5.77. The second-order valence-corrected chi connectivity index (χ2v) is 6.73. The van der Waals surface area contributed by atoms with Crippen molar-refractivity contribution in [3.63, 3.8) is 0 Å². The van der Waals surface area contributed by atoms with Crippen molar-refractivity contribution in [2.24, 2.45) is 0 Å². The number of fused-ring (bicyclic) bond motifs is 2. The Kier molecular flexibility index (Phi) is 3.89. The highest BCUT2D eigenvalue weighted by atomic mass is 16.8. The number of rotatable bonds is 3. The van der Waals surface area contributed by atoms with Gasteiger partial charge in [-0.1, -0.05) is 0 Å². The van der Waals surface area contributed by atoms with Crippen LogP contribution in [0.5, 0.6) is 5.75 Å². The van der Waals surface area contributed by atoms with E-state index in [4.69, 9.17) is 28.1 Å². The molecule has 0 radical (unpaired) electrons. The van der Waals surface area contributed by atoms with Crippen LogP contribution >= 0.6 is 0 Å². The molecule has 8 heteroatoms. The number of benzene rings is 1. The van der Waals surface area contributed by atoms with Crippen LogP contribution in [-0.4, -0.2) is 43.5 Å². The Hall–Kier alpha value is -2.58. The maximum absolute atomic E-state index is 11.6. The first-order valence-corrected chi connectivity index (χ1v) is 8.16. The minimum Gasteiger partial charge on any atom is -0.461 e. The van der Waals surface area contributed by atoms with Crippen LogP contribution in [0.4, 0.5) is 4.79 Å². The smallest absolute Gasteiger partial charge is 0.461 e. The predicted molar refractivity (Wildman–Crippen MR) is 88.0 cm³/mol. The van der Waals surface area contributed by atoms with Gasteiger partial charge in [0.1, 0.15) is 17.4 Å². The van der Waals surface area contributed by atoms with Crippen LogP contribution in [0.2, 0.25) is 0 Å². The summed E-state index contributed by atoms with van der Waals surface area (Å²) in [5.41, 5.74) is -0.743. The summed E-state index contributed by atoms with van der Waals surface area (Å²) in [5, 5.41) is 0.697. The normalized spacial score (nSPS) is 29.7. The molecule has 2 aliphatic rings. The van der Waals surface area contributed by atoms with Crippen LogP contribution in [0.1, 0.15) is 13.8 Å². The van der Waals surface area contributed by atoms with E-state index in [1.165, 1.54) is 13.2 Å². The fraction of sp³-hybridized carbons (Fsp3) is 0.444. The highest BCUT2D eigenvalue weighted by Crippen LogP contribution is 2.38. The molecule has 26 heavy (non-hydrogen) atoms. The molecule has 2 fully saturated rings. The molecule has 4 unspecified atom stereocenters. The van der Waals surface area contributed by atoms with E-state index in [1.807, 2.05) is 13.8 Å². The van der Waals surface area contributed by atoms with Gasteiger partial charge in [-0.3, -0.25) is 0 Å². The summed E-state index contributed by atoms with van der Waals surface area (Å²) in [6.45, 7) is 3.66. The third-order valence-corrected chi connectivity index (χ3v) is 4.56.